The van der Waals surface area contributed by atoms with Gasteiger partial charge in [0.25, 0.3) is 5.91 Å². The minimum absolute atomic E-state index is 0.00466. The molecule has 0 radical (unpaired) electrons. The molecule has 1 fully saturated rings. The number of amides is 1. The number of nitrogens with zero attached hydrogens (tertiary/aromatic N) is 3. The molecular weight excluding hydrogens is 446 g/mol. The molecule has 1 amide bonds. The fourth-order valence-corrected chi connectivity index (χ4v) is 5.21. The SMILES string of the molecule is CCCCCCCCN1C(=O)C(=Cc2cn(-c3ccccc3)nc2-c2ccccc2)SC1=S. The summed E-state index contributed by atoms with van der Waals surface area (Å²) in [6.45, 7) is 2.92. The molecule has 3 aromatic rings. The maximum absolute atomic E-state index is 13.1. The van der Waals surface area contributed by atoms with E-state index in [1.807, 2.05) is 77.6 Å². The van der Waals surface area contributed by atoms with Gasteiger partial charge in [0.1, 0.15) is 4.32 Å². The van der Waals surface area contributed by atoms with Gasteiger partial charge >= 0.3 is 0 Å². The lowest BCUT2D eigenvalue weighted by molar-refractivity contribution is -0.122. The van der Waals surface area contributed by atoms with Gasteiger partial charge in [-0.2, -0.15) is 5.10 Å². The van der Waals surface area contributed by atoms with E-state index in [1.165, 1.54) is 37.4 Å². The molecule has 4 nitrogen and oxygen atoms in total. The second-order valence-electron chi connectivity index (χ2n) is 8.18. The van der Waals surface area contributed by atoms with Crippen LogP contribution in [0.25, 0.3) is 23.0 Å². The van der Waals surface area contributed by atoms with Gasteiger partial charge in [-0.15, -0.1) is 0 Å². The van der Waals surface area contributed by atoms with Crippen LogP contribution in [0, 0.1) is 0 Å². The zero-order valence-electron chi connectivity index (χ0n) is 18.9. The maximum atomic E-state index is 13.1. The number of benzene rings is 2. The number of carbonyl (C=O) groups is 1. The highest BCUT2D eigenvalue weighted by atomic mass is 32.2. The number of thioether (sulfide) groups is 1. The van der Waals surface area contributed by atoms with Gasteiger partial charge in [0.05, 0.1) is 16.3 Å². The standard InChI is InChI=1S/C27H29N3OS2/c1-2-3-4-5-6-13-18-29-26(31)24(33-27(29)32)19-22-20-30(23-16-11-8-12-17-23)28-25(22)21-14-9-7-10-15-21/h7-12,14-17,19-20H,2-6,13,18H2,1H3. The van der Waals surface area contributed by atoms with Gasteiger partial charge < -0.3 is 0 Å². The Balaban J connectivity index is 1.56. The summed E-state index contributed by atoms with van der Waals surface area (Å²) in [6.07, 6.45) is 11.1. The average Bonchev–Trinajstić information content (AvgIpc) is 3.38. The fourth-order valence-electron chi connectivity index (χ4n) is 3.91. The van der Waals surface area contributed by atoms with E-state index in [2.05, 4.69) is 6.92 Å². The van der Waals surface area contributed by atoms with Crippen molar-refractivity contribution < 1.29 is 4.79 Å². The topological polar surface area (TPSA) is 38.1 Å². The molecule has 6 heteroatoms. The van der Waals surface area contributed by atoms with Crippen molar-refractivity contribution in [3.63, 3.8) is 0 Å². The first-order valence-electron chi connectivity index (χ1n) is 11.6. The highest BCUT2D eigenvalue weighted by Crippen LogP contribution is 2.35. The van der Waals surface area contributed by atoms with Crippen LogP contribution in [0.15, 0.2) is 71.8 Å². The van der Waals surface area contributed by atoms with Crippen molar-refractivity contribution >= 4 is 40.3 Å². The number of carbonyl (C=O) groups excluding carboxylic acids is 1. The van der Waals surface area contributed by atoms with E-state index in [-0.39, 0.29) is 5.91 Å². The van der Waals surface area contributed by atoms with Crippen LogP contribution in [0.3, 0.4) is 0 Å². The smallest absolute Gasteiger partial charge is 0.266 e. The molecule has 1 saturated heterocycles. The van der Waals surface area contributed by atoms with Crippen molar-refractivity contribution in [3.8, 4) is 16.9 Å². The predicted molar refractivity (Wildman–Crippen MR) is 142 cm³/mol. The second-order valence-corrected chi connectivity index (χ2v) is 9.86. The Hall–Kier alpha value is -2.70. The van der Waals surface area contributed by atoms with Gasteiger partial charge in [0.15, 0.2) is 0 Å². The summed E-state index contributed by atoms with van der Waals surface area (Å²) in [6, 6.07) is 20.1. The molecule has 0 unspecified atom stereocenters. The van der Waals surface area contributed by atoms with Gasteiger partial charge in [-0.05, 0) is 24.6 Å². The van der Waals surface area contributed by atoms with Gasteiger partial charge in [-0.3, -0.25) is 9.69 Å². The van der Waals surface area contributed by atoms with Crippen LogP contribution < -0.4 is 0 Å². The van der Waals surface area contributed by atoms with Crippen LogP contribution in [0.4, 0.5) is 0 Å². The monoisotopic (exact) mass is 475 g/mol. The molecule has 2 aromatic carbocycles. The molecule has 0 spiro atoms. The Labute approximate surface area is 205 Å². The third-order valence-electron chi connectivity index (χ3n) is 5.71. The predicted octanol–water partition coefficient (Wildman–Crippen LogP) is 7.10. The van der Waals surface area contributed by atoms with Gasteiger partial charge in [-0.25, -0.2) is 4.68 Å². The molecule has 170 valence electrons. The first kappa shape index (κ1) is 23.5. The van der Waals surface area contributed by atoms with Gasteiger partial charge in [0.2, 0.25) is 0 Å². The number of para-hydroxylation sites is 1. The molecule has 1 aliphatic rings. The summed E-state index contributed by atoms with van der Waals surface area (Å²) in [4.78, 5) is 15.6. The third kappa shape index (κ3) is 5.81. The zero-order valence-corrected chi connectivity index (χ0v) is 20.6. The van der Waals surface area contributed by atoms with Crippen molar-refractivity contribution in [1.29, 1.82) is 0 Å². The lowest BCUT2D eigenvalue weighted by Gasteiger charge is -2.13. The summed E-state index contributed by atoms with van der Waals surface area (Å²) in [5, 5.41) is 4.85. The van der Waals surface area contributed by atoms with E-state index in [9.17, 15) is 4.79 Å². The molecule has 0 aliphatic carbocycles. The Bertz CT molecular complexity index is 1120. The van der Waals surface area contributed by atoms with E-state index >= 15 is 0 Å². The molecule has 0 bridgehead atoms. The number of unbranched alkanes of at least 4 members (excludes halogenated alkanes) is 5. The van der Waals surface area contributed by atoms with Crippen molar-refractivity contribution in [3.05, 3.63) is 77.3 Å². The number of aromatic nitrogens is 2. The molecule has 0 atom stereocenters. The van der Waals surface area contributed by atoms with Crippen molar-refractivity contribution in [2.24, 2.45) is 0 Å². The van der Waals surface area contributed by atoms with Crippen LogP contribution in [-0.2, 0) is 4.79 Å². The molecule has 2 heterocycles. The van der Waals surface area contributed by atoms with Crippen molar-refractivity contribution in [2.75, 3.05) is 6.54 Å². The minimum Gasteiger partial charge on any atom is -0.293 e. The number of rotatable bonds is 10. The highest BCUT2D eigenvalue weighted by molar-refractivity contribution is 8.26. The Morgan fingerprint density at radius 2 is 1.61 bits per heavy atom. The largest absolute Gasteiger partial charge is 0.293 e. The summed E-state index contributed by atoms with van der Waals surface area (Å²) in [5.41, 5.74) is 3.75. The molecule has 1 aromatic heterocycles. The lowest BCUT2D eigenvalue weighted by atomic mass is 10.1. The summed E-state index contributed by atoms with van der Waals surface area (Å²) < 4.78 is 2.52. The van der Waals surface area contributed by atoms with Crippen molar-refractivity contribution in [2.45, 2.75) is 45.4 Å². The molecular formula is C27H29N3OS2. The van der Waals surface area contributed by atoms with E-state index in [4.69, 9.17) is 17.3 Å². The number of hydrogen-bond donors (Lipinski definition) is 0. The molecule has 0 N–H and O–H groups in total. The minimum atomic E-state index is 0.00466. The molecule has 33 heavy (non-hydrogen) atoms. The van der Waals surface area contributed by atoms with E-state index in [1.54, 1.807) is 4.90 Å². The van der Waals surface area contributed by atoms with Crippen LogP contribution >= 0.6 is 24.0 Å². The summed E-state index contributed by atoms with van der Waals surface area (Å²) >= 11 is 6.93. The molecule has 0 saturated carbocycles. The van der Waals surface area contributed by atoms with E-state index < -0.39 is 0 Å². The van der Waals surface area contributed by atoms with Crippen molar-refractivity contribution in [1.82, 2.24) is 14.7 Å². The maximum Gasteiger partial charge on any atom is 0.266 e. The van der Waals surface area contributed by atoms with Gasteiger partial charge in [-0.1, -0.05) is 112 Å². The zero-order chi connectivity index (χ0) is 23.0. The summed E-state index contributed by atoms with van der Waals surface area (Å²) in [5.74, 6) is 0.00466. The molecule has 1 aliphatic heterocycles. The quantitative estimate of drug-likeness (QED) is 0.178. The second kappa shape index (κ2) is 11.4. The number of hydrogen-bond acceptors (Lipinski definition) is 4. The summed E-state index contributed by atoms with van der Waals surface area (Å²) in [7, 11) is 0. The van der Waals surface area contributed by atoms with Crippen LogP contribution in [0.5, 0.6) is 0 Å². The van der Waals surface area contributed by atoms with E-state index in [0.717, 1.165) is 35.3 Å². The number of thiocarbonyl (C=S) groups is 1. The highest BCUT2D eigenvalue weighted by Gasteiger charge is 2.32. The van der Waals surface area contributed by atoms with Crippen LogP contribution in [0.2, 0.25) is 0 Å². The first-order chi connectivity index (χ1) is 16.2. The Kier molecular flexibility index (Phi) is 8.13. The van der Waals surface area contributed by atoms with Gasteiger partial charge in [0, 0.05) is 23.9 Å². The van der Waals surface area contributed by atoms with Crippen LogP contribution in [-0.4, -0.2) is 31.5 Å². The lowest BCUT2D eigenvalue weighted by Crippen LogP contribution is -2.29. The average molecular weight is 476 g/mol. The fraction of sp³-hybridized carbons (Fsp3) is 0.296. The van der Waals surface area contributed by atoms with Crippen LogP contribution in [0.1, 0.15) is 51.0 Å². The third-order valence-corrected chi connectivity index (χ3v) is 7.08. The first-order valence-corrected chi connectivity index (χ1v) is 12.9. The Morgan fingerprint density at radius 1 is 0.939 bits per heavy atom. The molecule has 4 rings (SSSR count). The van der Waals surface area contributed by atoms with E-state index in [0.29, 0.717) is 15.8 Å². The normalized spacial score (nSPS) is 15.1. The Morgan fingerprint density at radius 3 is 2.33 bits per heavy atom.